The highest BCUT2D eigenvalue weighted by Gasteiger charge is 2.18. The van der Waals surface area contributed by atoms with Crippen LogP contribution in [0.5, 0.6) is 5.75 Å². The zero-order chi connectivity index (χ0) is 19.6. The summed E-state index contributed by atoms with van der Waals surface area (Å²) in [5.41, 5.74) is 3.97. The van der Waals surface area contributed by atoms with Crippen molar-refractivity contribution in [2.75, 3.05) is 7.11 Å². The van der Waals surface area contributed by atoms with Gasteiger partial charge in [0, 0.05) is 16.5 Å². The summed E-state index contributed by atoms with van der Waals surface area (Å²) in [6.07, 6.45) is 0. The highest BCUT2D eigenvalue weighted by Crippen LogP contribution is 2.25. The summed E-state index contributed by atoms with van der Waals surface area (Å²) in [7, 11) is 1.54. The van der Waals surface area contributed by atoms with Gasteiger partial charge in [-0.2, -0.15) is 0 Å². The molecule has 0 aliphatic rings. The molecule has 0 aliphatic carbocycles. The Balaban J connectivity index is 1.90. The lowest BCUT2D eigenvalue weighted by Crippen LogP contribution is -2.11. The summed E-state index contributed by atoms with van der Waals surface area (Å²) in [6, 6.07) is 12.8. The van der Waals surface area contributed by atoms with Crippen LogP contribution in [0.3, 0.4) is 0 Å². The summed E-state index contributed by atoms with van der Waals surface area (Å²) in [5, 5.41) is 0.922. The molecule has 27 heavy (non-hydrogen) atoms. The Morgan fingerprint density at radius 3 is 2.52 bits per heavy atom. The molecule has 138 valence electrons. The van der Waals surface area contributed by atoms with Crippen LogP contribution < -0.4 is 4.74 Å². The molecule has 2 aromatic carbocycles. The van der Waals surface area contributed by atoms with Gasteiger partial charge in [0.2, 0.25) is 0 Å². The lowest BCUT2D eigenvalue weighted by molar-refractivity contribution is 0.0468. The molecule has 1 heterocycles. The number of benzene rings is 2. The van der Waals surface area contributed by atoms with Crippen molar-refractivity contribution < 1.29 is 19.1 Å². The molecule has 0 aliphatic heterocycles. The number of carbonyl (C=O) groups excluding carboxylic acids is 2. The average Bonchev–Trinajstić information content (AvgIpc) is 2.66. The quantitative estimate of drug-likeness (QED) is 0.496. The lowest BCUT2D eigenvalue weighted by Gasteiger charge is -2.14. The van der Waals surface area contributed by atoms with Crippen LogP contribution >= 0.6 is 0 Å². The molecule has 0 bridgehead atoms. The van der Waals surface area contributed by atoms with Crippen molar-refractivity contribution in [3.8, 4) is 5.75 Å². The van der Waals surface area contributed by atoms with Crippen LogP contribution in [0.25, 0.3) is 10.9 Å². The number of fused-ring (bicyclic) bond motifs is 1. The van der Waals surface area contributed by atoms with E-state index in [4.69, 9.17) is 9.47 Å². The predicted octanol–water partition coefficient (Wildman–Crippen LogP) is 4.42. The first-order valence-electron chi connectivity index (χ1n) is 8.63. The molecule has 1 aromatic heterocycles. The number of Topliss-reactive ketones (excluding diaryl/α,β-unsaturated/α-hetero) is 1. The maximum absolute atomic E-state index is 12.8. The minimum atomic E-state index is -0.446. The van der Waals surface area contributed by atoms with Crippen LogP contribution in [0, 0.1) is 13.8 Å². The number of aromatic nitrogens is 1. The van der Waals surface area contributed by atoms with Crippen LogP contribution in [-0.2, 0) is 11.3 Å². The molecule has 0 N–H and O–H groups in total. The first-order chi connectivity index (χ1) is 12.9. The smallest absolute Gasteiger partial charge is 0.340 e. The largest absolute Gasteiger partial charge is 0.496 e. The van der Waals surface area contributed by atoms with E-state index in [0.29, 0.717) is 28.1 Å². The standard InChI is InChI=1S/C22H21NO4/c1-13-18-7-5-6-8-19(18)23-14(2)21(13)22(25)27-12-17-11-16(15(3)24)9-10-20(17)26-4/h5-11H,12H2,1-4H3. The number of ether oxygens (including phenoxy) is 2. The van der Waals surface area contributed by atoms with Gasteiger partial charge in [0.25, 0.3) is 0 Å². The van der Waals surface area contributed by atoms with Gasteiger partial charge in [-0.05, 0) is 50.6 Å². The Bertz CT molecular complexity index is 1040. The van der Waals surface area contributed by atoms with Crippen LogP contribution in [0.1, 0.15) is 44.5 Å². The van der Waals surface area contributed by atoms with Gasteiger partial charge in [0.15, 0.2) is 5.78 Å². The van der Waals surface area contributed by atoms with Crippen LogP contribution in [-0.4, -0.2) is 23.8 Å². The molecule has 3 aromatic rings. The summed E-state index contributed by atoms with van der Waals surface area (Å²) in [4.78, 5) is 28.9. The van der Waals surface area contributed by atoms with E-state index in [1.165, 1.54) is 14.0 Å². The molecule has 5 heteroatoms. The second-order valence-electron chi connectivity index (χ2n) is 6.37. The van der Waals surface area contributed by atoms with Gasteiger partial charge >= 0.3 is 5.97 Å². The number of hydrogen-bond acceptors (Lipinski definition) is 5. The maximum Gasteiger partial charge on any atom is 0.340 e. The van der Waals surface area contributed by atoms with Gasteiger partial charge in [0.1, 0.15) is 12.4 Å². The Hall–Kier alpha value is -3.21. The molecule has 0 atom stereocenters. The molecule has 3 rings (SSSR count). The Kier molecular flexibility index (Phi) is 5.21. The highest BCUT2D eigenvalue weighted by molar-refractivity contribution is 5.98. The summed E-state index contributed by atoms with van der Waals surface area (Å²) in [6.45, 7) is 5.19. The topological polar surface area (TPSA) is 65.5 Å². The Labute approximate surface area is 157 Å². The zero-order valence-corrected chi connectivity index (χ0v) is 15.8. The molecule has 0 saturated carbocycles. The maximum atomic E-state index is 12.8. The molecular formula is C22H21NO4. The molecule has 0 unspecified atom stereocenters. The summed E-state index contributed by atoms with van der Waals surface area (Å²) >= 11 is 0. The summed E-state index contributed by atoms with van der Waals surface area (Å²) < 4.78 is 10.8. The molecule has 0 saturated heterocycles. The van der Waals surface area contributed by atoms with Crippen molar-refractivity contribution in [2.45, 2.75) is 27.4 Å². The van der Waals surface area contributed by atoms with E-state index >= 15 is 0 Å². The third-order valence-electron chi connectivity index (χ3n) is 4.58. The molecular weight excluding hydrogens is 342 g/mol. The van der Waals surface area contributed by atoms with Gasteiger partial charge in [-0.3, -0.25) is 9.78 Å². The number of esters is 1. The molecule has 0 amide bonds. The number of hydrogen-bond donors (Lipinski definition) is 0. The number of pyridine rings is 1. The first kappa shape index (κ1) is 18.6. The molecule has 0 radical (unpaired) electrons. The van der Waals surface area contributed by atoms with E-state index in [-0.39, 0.29) is 12.4 Å². The van der Waals surface area contributed by atoms with Crippen molar-refractivity contribution in [3.63, 3.8) is 0 Å². The van der Waals surface area contributed by atoms with Crippen LogP contribution in [0.15, 0.2) is 42.5 Å². The van der Waals surface area contributed by atoms with Crippen molar-refractivity contribution in [2.24, 2.45) is 0 Å². The van der Waals surface area contributed by atoms with Crippen LogP contribution in [0.4, 0.5) is 0 Å². The molecule has 5 nitrogen and oxygen atoms in total. The van der Waals surface area contributed by atoms with E-state index in [9.17, 15) is 9.59 Å². The number of ketones is 1. The Morgan fingerprint density at radius 2 is 1.81 bits per heavy atom. The van der Waals surface area contributed by atoms with Crippen molar-refractivity contribution in [1.82, 2.24) is 4.98 Å². The van der Waals surface area contributed by atoms with Crippen molar-refractivity contribution in [3.05, 3.63) is 70.4 Å². The fraction of sp³-hybridized carbons (Fsp3) is 0.227. The van der Waals surface area contributed by atoms with Gasteiger partial charge in [0.05, 0.1) is 23.9 Å². The van der Waals surface area contributed by atoms with Gasteiger partial charge < -0.3 is 9.47 Å². The molecule has 0 spiro atoms. The number of carbonyl (C=O) groups is 2. The van der Waals surface area contributed by atoms with E-state index in [2.05, 4.69) is 4.98 Å². The van der Waals surface area contributed by atoms with Gasteiger partial charge in [-0.15, -0.1) is 0 Å². The molecule has 0 fully saturated rings. The third kappa shape index (κ3) is 3.67. The van der Waals surface area contributed by atoms with E-state index in [1.54, 1.807) is 25.1 Å². The number of rotatable bonds is 5. The normalized spacial score (nSPS) is 10.7. The second-order valence-corrected chi connectivity index (χ2v) is 6.37. The number of aryl methyl sites for hydroxylation is 2. The lowest BCUT2D eigenvalue weighted by atomic mass is 10.0. The predicted molar refractivity (Wildman–Crippen MR) is 103 cm³/mol. The summed E-state index contributed by atoms with van der Waals surface area (Å²) in [5.74, 6) is 0.0621. The van der Waals surface area contributed by atoms with E-state index < -0.39 is 5.97 Å². The van der Waals surface area contributed by atoms with E-state index in [1.807, 2.05) is 31.2 Å². The third-order valence-corrected chi connectivity index (χ3v) is 4.58. The highest BCUT2D eigenvalue weighted by atomic mass is 16.5. The number of methoxy groups -OCH3 is 1. The SMILES string of the molecule is COc1ccc(C(C)=O)cc1COC(=O)c1c(C)nc2ccccc2c1C. The first-order valence-corrected chi connectivity index (χ1v) is 8.63. The minimum Gasteiger partial charge on any atom is -0.496 e. The van der Waals surface area contributed by atoms with Gasteiger partial charge in [-0.25, -0.2) is 4.79 Å². The zero-order valence-electron chi connectivity index (χ0n) is 15.8. The van der Waals surface area contributed by atoms with Crippen LogP contribution in [0.2, 0.25) is 0 Å². The van der Waals surface area contributed by atoms with Gasteiger partial charge in [-0.1, -0.05) is 18.2 Å². The number of para-hydroxylation sites is 1. The fourth-order valence-electron chi connectivity index (χ4n) is 3.16. The van der Waals surface area contributed by atoms with Crippen molar-refractivity contribution in [1.29, 1.82) is 0 Å². The second kappa shape index (κ2) is 7.58. The fourth-order valence-corrected chi connectivity index (χ4v) is 3.16. The Morgan fingerprint density at radius 1 is 1.07 bits per heavy atom. The number of nitrogens with zero attached hydrogens (tertiary/aromatic N) is 1. The van der Waals surface area contributed by atoms with Crippen molar-refractivity contribution >= 4 is 22.7 Å². The van der Waals surface area contributed by atoms with E-state index in [0.717, 1.165) is 16.5 Å². The monoisotopic (exact) mass is 363 g/mol. The average molecular weight is 363 g/mol. The minimum absolute atomic E-state index is 0.00876.